The van der Waals surface area contributed by atoms with Gasteiger partial charge in [0.1, 0.15) is 11.7 Å². The van der Waals surface area contributed by atoms with E-state index >= 15 is 0 Å². The minimum Gasteiger partial charge on any atom is -0.452 e. The molecule has 0 aromatic rings. The monoisotopic (exact) mass is 413 g/mol. The van der Waals surface area contributed by atoms with Crippen molar-refractivity contribution in [2.75, 3.05) is 0 Å². The van der Waals surface area contributed by atoms with Crippen molar-refractivity contribution in [3.8, 4) is 0 Å². The van der Waals surface area contributed by atoms with Crippen LogP contribution in [-0.4, -0.2) is 39.5 Å². The van der Waals surface area contributed by atoms with Crippen molar-refractivity contribution in [3.05, 3.63) is 5.21 Å². The quantitative estimate of drug-likeness (QED) is 0.220. The number of hydrogen-bond donors (Lipinski definition) is 1. The van der Waals surface area contributed by atoms with Crippen LogP contribution >= 0.6 is 0 Å². The molecule has 6 heteroatoms. The Morgan fingerprint density at radius 1 is 0.966 bits per heavy atom. The molecular formula is C23H43NO5. The van der Waals surface area contributed by atoms with Gasteiger partial charge in [-0.05, 0) is 27.2 Å². The Morgan fingerprint density at radius 2 is 1.41 bits per heavy atom. The largest absolute Gasteiger partial charge is 0.452 e. The fourth-order valence-electron chi connectivity index (χ4n) is 3.62. The fraction of sp³-hybridized carbons (Fsp3) is 0.913. The average Bonchev–Trinajstić information content (AvgIpc) is 2.91. The summed E-state index contributed by atoms with van der Waals surface area (Å²) in [5.41, 5.74) is -1.07. The summed E-state index contributed by atoms with van der Waals surface area (Å²) < 4.78 is 5.18. The van der Waals surface area contributed by atoms with Crippen molar-refractivity contribution in [3.63, 3.8) is 0 Å². The molecule has 0 aromatic carbocycles. The Labute approximate surface area is 177 Å². The lowest BCUT2D eigenvalue weighted by atomic mass is 10.0. The van der Waals surface area contributed by atoms with Gasteiger partial charge >= 0.3 is 11.7 Å². The third kappa shape index (κ3) is 10.9. The first kappa shape index (κ1) is 25.7. The highest BCUT2D eigenvalue weighted by atomic mass is 16.9. The van der Waals surface area contributed by atoms with E-state index in [0.29, 0.717) is 6.42 Å². The third-order valence-corrected chi connectivity index (χ3v) is 5.26. The van der Waals surface area contributed by atoms with Crippen molar-refractivity contribution >= 4 is 11.7 Å². The summed E-state index contributed by atoms with van der Waals surface area (Å²) in [5.74, 6) is -0.812. The van der Waals surface area contributed by atoms with E-state index in [-0.39, 0.29) is 10.6 Å². The van der Waals surface area contributed by atoms with Crippen molar-refractivity contribution in [2.45, 2.75) is 135 Å². The van der Waals surface area contributed by atoms with E-state index in [4.69, 9.17) is 9.57 Å². The maximum absolute atomic E-state index is 12.1. The van der Waals surface area contributed by atoms with Gasteiger partial charge in [0.25, 0.3) is 0 Å². The number of aliphatic hydroxyl groups excluding tert-OH is 1. The second kappa shape index (κ2) is 13.8. The number of esters is 1. The molecule has 1 aliphatic rings. The van der Waals surface area contributed by atoms with Gasteiger partial charge in [0, 0.05) is 0 Å². The number of carbonyl (C=O) groups excluding carboxylic acids is 1. The summed E-state index contributed by atoms with van der Waals surface area (Å²) in [5, 5.41) is 22.1. The lowest BCUT2D eigenvalue weighted by molar-refractivity contribution is -0.740. The highest BCUT2D eigenvalue weighted by Gasteiger charge is 2.45. The Bertz CT molecular complexity index is 498. The molecule has 0 spiro atoms. The SMILES string of the molecule is CCCCCCCCCCCCCCC[C@@H]1O[N+]([O-])=C(C(=O)OC(C)(C)C)[C@H]1O. The van der Waals surface area contributed by atoms with Crippen LogP contribution in [0.25, 0.3) is 0 Å². The van der Waals surface area contributed by atoms with E-state index < -0.39 is 23.8 Å². The van der Waals surface area contributed by atoms with Crippen LogP contribution in [0.2, 0.25) is 0 Å². The van der Waals surface area contributed by atoms with E-state index in [0.717, 1.165) is 19.3 Å². The molecule has 0 aliphatic carbocycles. The van der Waals surface area contributed by atoms with Crippen molar-refractivity contribution in [1.29, 1.82) is 0 Å². The topological polar surface area (TPSA) is 81.8 Å². The first-order chi connectivity index (χ1) is 13.8. The maximum Gasteiger partial charge on any atom is 0.408 e. The summed E-state index contributed by atoms with van der Waals surface area (Å²) in [6.07, 6.45) is 15.1. The Balaban J connectivity index is 2.06. The molecule has 29 heavy (non-hydrogen) atoms. The first-order valence-electron chi connectivity index (χ1n) is 11.7. The van der Waals surface area contributed by atoms with E-state index in [9.17, 15) is 15.1 Å². The standard InChI is InChI=1S/C23H43NO5/c1-5-6-7-8-9-10-11-12-13-14-15-16-17-18-19-21(25)20(24(27)29-19)22(26)28-23(2,3)4/h19,21,25H,5-18H2,1-4H3/t19-,21-/m0/s1. The number of carbonyl (C=O) groups is 1. The summed E-state index contributed by atoms with van der Waals surface area (Å²) in [7, 11) is 0. The van der Waals surface area contributed by atoms with Crippen molar-refractivity contribution < 1.29 is 24.4 Å². The first-order valence-corrected chi connectivity index (χ1v) is 11.7. The van der Waals surface area contributed by atoms with Gasteiger partial charge in [-0.25, -0.2) is 4.79 Å². The molecular weight excluding hydrogens is 370 g/mol. The van der Waals surface area contributed by atoms with Crippen LogP contribution < -0.4 is 0 Å². The van der Waals surface area contributed by atoms with Gasteiger partial charge in [0.05, 0.1) is 4.90 Å². The van der Waals surface area contributed by atoms with Gasteiger partial charge in [-0.1, -0.05) is 90.4 Å². The molecule has 0 unspecified atom stereocenters. The predicted octanol–water partition coefficient (Wildman–Crippen LogP) is 5.44. The normalized spacial score (nSPS) is 19.5. The molecule has 1 heterocycles. The second-order valence-electron chi connectivity index (χ2n) is 9.26. The van der Waals surface area contributed by atoms with Gasteiger partial charge in [0.15, 0.2) is 6.10 Å². The number of aliphatic hydroxyl groups is 1. The molecule has 170 valence electrons. The number of rotatable bonds is 15. The Morgan fingerprint density at radius 3 is 1.86 bits per heavy atom. The Hall–Kier alpha value is -1.30. The minimum atomic E-state index is -1.22. The number of ether oxygens (including phenoxy) is 1. The zero-order valence-corrected chi connectivity index (χ0v) is 19.1. The van der Waals surface area contributed by atoms with Gasteiger partial charge in [-0.2, -0.15) is 0 Å². The summed E-state index contributed by atoms with van der Waals surface area (Å²) in [6.45, 7) is 7.40. The summed E-state index contributed by atoms with van der Waals surface area (Å²) >= 11 is 0. The number of hydrogen-bond acceptors (Lipinski definition) is 5. The lowest BCUT2D eigenvalue weighted by Gasteiger charge is -2.18. The van der Waals surface area contributed by atoms with Crippen LogP contribution in [0.15, 0.2) is 0 Å². The molecule has 0 saturated heterocycles. The predicted molar refractivity (Wildman–Crippen MR) is 116 cm³/mol. The van der Waals surface area contributed by atoms with E-state index in [1.807, 2.05) is 0 Å². The average molecular weight is 414 g/mol. The van der Waals surface area contributed by atoms with E-state index in [1.54, 1.807) is 20.8 Å². The molecule has 0 radical (unpaired) electrons. The zero-order chi connectivity index (χ0) is 21.7. The highest BCUT2D eigenvalue weighted by molar-refractivity contribution is 6.36. The van der Waals surface area contributed by atoms with E-state index in [2.05, 4.69) is 6.92 Å². The van der Waals surface area contributed by atoms with Crippen molar-refractivity contribution in [1.82, 2.24) is 0 Å². The molecule has 0 saturated carbocycles. The number of unbranched alkanes of at least 4 members (excludes halogenated alkanes) is 12. The molecule has 1 N–H and O–H groups in total. The lowest BCUT2D eigenvalue weighted by Crippen LogP contribution is -2.38. The molecule has 2 atom stereocenters. The minimum absolute atomic E-state index is 0.131. The molecule has 0 amide bonds. The highest BCUT2D eigenvalue weighted by Crippen LogP contribution is 2.20. The Kier molecular flexibility index (Phi) is 12.3. The molecule has 0 bridgehead atoms. The third-order valence-electron chi connectivity index (χ3n) is 5.26. The van der Waals surface area contributed by atoms with Gasteiger partial charge in [-0.15, -0.1) is 0 Å². The summed E-state index contributed by atoms with van der Waals surface area (Å²) in [6, 6.07) is 0. The van der Waals surface area contributed by atoms with Gasteiger partial charge in [-0.3, -0.25) is 5.21 Å². The molecule has 0 fully saturated rings. The maximum atomic E-state index is 12.1. The van der Waals surface area contributed by atoms with Crippen LogP contribution in [0.4, 0.5) is 0 Å². The van der Waals surface area contributed by atoms with Crippen molar-refractivity contribution in [2.24, 2.45) is 0 Å². The molecule has 1 rings (SSSR count). The smallest absolute Gasteiger partial charge is 0.408 e. The molecule has 0 aromatic heterocycles. The van der Waals surface area contributed by atoms with Crippen LogP contribution in [0.3, 0.4) is 0 Å². The second-order valence-corrected chi connectivity index (χ2v) is 9.26. The number of nitrogens with zero attached hydrogens (tertiary/aromatic N) is 1. The van der Waals surface area contributed by atoms with E-state index in [1.165, 1.54) is 64.2 Å². The fourth-order valence-corrected chi connectivity index (χ4v) is 3.62. The van der Waals surface area contributed by atoms with Crippen LogP contribution in [0.1, 0.15) is 118 Å². The molecule has 1 aliphatic heterocycles. The van der Waals surface area contributed by atoms with Gasteiger partial charge in [0.2, 0.25) is 0 Å². The van der Waals surface area contributed by atoms with Gasteiger partial charge < -0.3 is 14.7 Å². The molecule has 6 nitrogen and oxygen atoms in total. The van der Waals surface area contributed by atoms with Crippen LogP contribution in [-0.2, 0) is 14.4 Å². The van der Waals surface area contributed by atoms with Crippen LogP contribution in [0, 0.1) is 5.21 Å². The van der Waals surface area contributed by atoms with Crippen LogP contribution in [0.5, 0.6) is 0 Å². The zero-order valence-electron chi connectivity index (χ0n) is 19.1. The summed E-state index contributed by atoms with van der Waals surface area (Å²) in [4.78, 5) is 17.3.